The molecule has 29 heavy (non-hydrogen) atoms. The van der Waals surface area contributed by atoms with E-state index in [-0.39, 0.29) is 36.2 Å². The van der Waals surface area contributed by atoms with Gasteiger partial charge in [-0.1, -0.05) is 30.3 Å². The molecule has 1 saturated heterocycles. The highest BCUT2D eigenvalue weighted by atomic mass is 127. The van der Waals surface area contributed by atoms with E-state index in [4.69, 9.17) is 4.74 Å². The number of aliphatic imine (C=N–C) groups is 1. The van der Waals surface area contributed by atoms with E-state index >= 15 is 0 Å². The zero-order valence-electron chi connectivity index (χ0n) is 17.5. The lowest BCUT2D eigenvalue weighted by atomic mass is 10.1. The van der Waals surface area contributed by atoms with Crippen LogP contribution in [-0.2, 0) is 24.4 Å². The number of nitrogens with one attached hydrogen (secondary N) is 2. The zero-order valence-corrected chi connectivity index (χ0v) is 19.8. The van der Waals surface area contributed by atoms with Crippen LogP contribution in [0.15, 0.2) is 53.7 Å². The second-order valence-electron chi connectivity index (χ2n) is 7.32. The summed E-state index contributed by atoms with van der Waals surface area (Å²) in [6, 6.07) is 14.5. The van der Waals surface area contributed by atoms with E-state index in [0.29, 0.717) is 6.54 Å². The first-order chi connectivity index (χ1) is 13.6. The molecule has 2 heterocycles. The third kappa shape index (κ3) is 7.56. The molecule has 6 nitrogen and oxygen atoms in total. The van der Waals surface area contributed by atoms with Crippen molar-refractivity contribution in [2.45, 2.75) is 45.7 Å². The van der Waals surface area contributed by atoms with Gasteiger partial charge in [-0.15, -0.1) is 24.0 Å². The number of guanidine groups is 1. The molecule has 0 radical (unpaired) electrons. The van der Waals surface area contributed by atoms with Crippen LogP contribution in [0.3, 0.4) is 0 Å². The van der Waals surface area contributed by atoms with Gasteiger partial charge < -0.3 is 15.4 Å². The van der Waals surface area contributed by atoms with Crippen LogP contribution in [0.1, 0.15) is 30.7 Å². The molecule has 1 aliphatic rings. The van der Waals surface area contributed by atoms with Crippen molar-refractivity contribution in [3.05, 3.63) is 65.5 Å². The number of pyridine rings is 1. The molecule has 0 amide bonds. The van der Waals surface area contributed by atoms with Crippen LogP contribution in [0.5, 0.6) is 0 Å². The largest absolute Gasteiger partial charge is 0.373 e. The second-order valence-corrected chi connectivity index (χ2v) is 7.32. The Bertz CT molecular complexity index is 761. The lowest BCUT2D eigenvalue weighted by Crippen LogP contribution is -2.45. The van der Waals surface area contributed by atoms with Gasteiger partial charge in [-0.3, -0.25) is 14.9 Å². The molecular formula is C22H32IN5O. The van der Waals surface area contributed by atoms with E-state index < -0.39 is 0 Å². The molecule has 2 aromatic rings. The van der Waals surface area contributed by atoms with Crippen LogP contribution in [-0.4, -0.2) is 48.2 Å². The van der Waals surface area contributed by atoms with Crippen LogP contribution in [0, 0.1) is 0 Å². The Morgan fingerprint density at radius 3 is 2.34 bits per heavy atom. The third-order valence-corrected chi connectivity index (χ3v) is 4.84. The van der Waals surface area contributed by atoms with Crippen molar-refractivity contribution in [1.29, 1.82) is 0 Å². The molecule has 0 saturated carbocycles. The quantitative estimate of drug-likeness (QED) is 0.356. The fourth-order valence-electron chi connectivity index (χ4n) is 3.62. The van der Waals surface area contributed by atoms with E-state index in [0.717, 1.165) is 37.8 Å². The van der Waals surface area contributed by atoms with Crippen LogP contribution < -0.4 is 10.6 Å². The molecule has 2 atom stereocenters. The minimum atomic E-state index is 0. The number of benzene rings is 1. The average Bonchev–Trinajstić information content (AvgIpc) is 2.69. The number of hydrogen-bond donors (Lipinski definition) is 2. The maximum atomic E-state index is 5.86. The van der Waals surface area contributed by atoms with Gasteiger partial charge in [0, 0.05) is 39.4 Å². The Morgan fingerprint density at radius 2 is 1.69 bits per heavy atom. The third-order valence-electron chi connectivity index (χ3n) is 4.84. The van der Waals surface area contributed by atoms with E-state index in [9.17, 15) is 0 Å². The Morgan fingerprint density at radius 1 is 1.03 bits per heavy atom. The predicted molar refractivity (Wildman–Crippen MR) is 128 cm³/mol. The summed E-state index contributed by atoms with van der Waals surface area (Å²) in [6.07, 6.45) is 2.36. The van der Waals surface area contributed by atoms with E-state index in [2.05, 4.69) is 63.6 Å². The molecule has 0 bridgehead atoms. The fraction of sp³-hybridized carbons (Fsp3) is 0.455. The summed E-state index contributed by atoms with van der Waals surface area (Å²) in [7, 11) is 1.79. The second kappa shape index (κ2) is 12.1. The molecule has 158 valence electrons. The van der Waals surface area contributed by atoms with Crippen molar-refractivity contribution >= 4 is 29.9 Å². The van der Waals surface area contributed by atoms with Gasteiger partial charge in [-0.05, 0) is 37.1 Å². The van der Waals surface area contributed by atoms with Crippen molar-refractivity contribution in [2.24, 2.45) is 4.99 Å². The summed E-state index contributed by atoms with van der Waals surface area (Å²) in [4.78, 5) is 11.1. The van der Waals surface area contributed by atoms with E-state index in [1.54, 1.807) is 13.2 Å². The Labute approximate surface area is 191 Å². The molecule has 1 fully saturated rings. The number of morpholine rings is 1. The van der Waals surface area contributed by atoms with Gasteiger partial charge >= 0.3 is 0 Å². The van der Waals surface area contributed by atoms with Crippen molar-refractivity contribution in [3.8, 4) is 0 Å². The van der Waals surface area contributed by atoms with Gasteiger partial charge in [0.25, 0.3) is 0 Å². The molecule has 0 aliphatic carbocycles. The Kier molecular flexibility index (Phi) is 9.83. The van der Waals surface area contributed by atoms with Crippen LogP contribution >= 0.6 is 24.0 Å². The van der Waals surface area contributed by atoms with E-state index in [1.165, 1.54) is 11.1 Å². The first kappa shape index (κ1) is 23.6. The highest BCUT2D eigenvalue weighted by Gasteiger charge is 2.22. The van der Waals surface area contributed by atoms with Gasteiger partial charge in [0.05, 0.1) is 24.4 Å². The Hall–Kier alpha value is -1.71. The lowest BCUT2D eigenvalue weighted by Gasteiger charge is -2.35. The van der Waals surface area contributed by atoms with Gasteiger partial charge in [0.2, 0.25) is 0 Å². The summed E-state index contributed by atoms with van der Waals surface area (Å²) >= 11 is 0. The molecule has 1 aromatic heterocycles. The maximum absolute atomic E-state index is 5.86. The molecule has 2 N–H and O–H groups in total. The van der Waals surface area contributed by atoms with Crippen LogP contribution in [0.2, 0.25) is 0 Å². The van der Waals surface area contributed by atoms with Gasteiger partial charge in [0.1, 0.15) is 0 Å². The van der Waals surface area contributed by atoms with Crippen LogP contribution in [0.25, 0.3) is 0 Å². The molecule has 0 spiro atoms. The van der Waals surface area contributed by atoms with Gasteiger partial charge in [0.15, 0.2) is 5.96 Å². The van der Waals surface area contributed by atoms with E-state index in [1.807, 2.05) is 18.2 Å². The highest BCUT2D eigenvalue weighted by Crippen LogP contribution is 2.17. The number of halogens is 1. The van der Waals surface area contributed by atoms with Crippen molar-refractivity contribution in [2.75, 3.05) is 20.1 Å². The van der Waals surface area contributed by atoms with Crippen molar-refractivity contribution < 1.29 is 4.74 Å². The number of rotatable bonds is 6. The normalized spacial score (nSPS) is 20.0. The fourth-order valence-corrected chi connectivity index (χ4v) is 3.62. The summed E-state index contributed by atoms with van der Waals surface area (Å²) < 4.78 is 5.86. The first-order valence-electron chi connectivity index (χ1n) is 9.93. The van der Waals surface area contributed by atoms with Gasteiger partial charge in [-0.25, -0.2) is 0 Å². The minimum absolute atomic E-state index is 0. The minimum Gasteiger partial charge on any atom is -0.373 e. The SMILES string of the molecule is CN=C(NCc1ccccn1)NCc1ccccc1CN1CC(C)OC(C)C1.I. The topological polar surface area (TPSA) is 61.8 Å². The molecule has 2 unspecified atom stereocenters. The summed E-state index contributed by atoms with van der Waals surface area (Å²) in [5.41, 5.74) is 3.62. The number of nitrogens with zero attached hydrogens (tertiary/aromatic N) is 3. The lowest BCUT2D eigenvalue weighted by molar-refractivity contribution is -0.0705. The molecule has 7 heteroatoms. The molecule has 3 rings (SSSR count). The van der Waals surface area contributed by atoms with Crippen molar-refractivity contribution in [3.63, 3.8) is 0 Å². The predicted octanol–water partition coefficient (Wildman–Crippen LogP) is 3.17. The summed E-state index contributed by atoms with van der Waals surface area (Å²) in [5, 5.41) is 6.74. The molecule has 1 aliphatic heterocycles. The maximum Gasteiger partial charge on any atom is 0.191 e. The highest BCUT2D eigenvalue weighted by molar-refractivity contribution is 14.0. The Balaban J connectivity index is 0.00000300. The monoisotopic (exact) mass is 509 g/mol. The number of aromatic nitrogens is 1. The summed E-state index contributed by atoms with van der Waals surface area (Å²) in [5.74, 6) is 0.772. The van der Waals surface area contributed by atoms with Gasteiger partial charge in [-0.2, -0.15) is 0 Å². The number of ether oxygens (including phenoxy) is 1. The standard InChI is InChI=1S/C22H31N5O.HI/c1-17-14-27(15-18(2)28-17)16-20-9-5-4-8-19(20)12-25-22(23-3)26-13-21-10-6-7-11-24-21;/h4-11,17-18H,12-16H2,1-3H3,(H2,23,25,26);1H. The number of hydrogen-bond acceptors (Lipinski definition) is 4. The molecular weight excluding hydrogens is 477 g/mol. The summed E-state index contributed by atoms with van der Waals surface area (Å²) in [6.45, 7) is 8.55. The first-order valence-corrected chi connectivity index (χ1v) is 9.93. The average molecular weight is 509 g/mol. The van der Waals surface area contributed by atoms with Crippen LogP contribution in [0.4, 0.5) is 0 Å². The molecule has 1 aromatic carbocycles. The zero-order chi connectivity index (χ0) is 19.8. The smallest absolute Gasteiger partial charge is 0.191 e. The van der Waals surface area contributed by atoms with Crippen molar-refractivity contribution in [1.82, 2.24) is 20.5 Å².